The number of nitrogens with two attached hydrogens (primary N) is 2. The lowest BCUT2D eigenvalue weighted by Gasteiger charge is -2.10. The molecule has 0 aliphatic heterocycles. The fourth-order valence-corrected chi connectivity index (χ4v) is 3.40. The first kappa shape index (κ1) is 23.8. The van der Waals surface area contributed by atoms with Crippen LogP contribution in [0.25, 0.3) is 10.9 Å². The second-order valence-electron chi connectivity index (χ2n) is 7.70. The van der Waals surface area contributed by atoms with E-state index in [1.807, 2.05) is 12.1 Å². The SMILES string of the molecule is NC(N)=N/N=C/Cc1ccc(NC(=O)c2ccc(Nc3ccnc4ccc([N+](=O)[O-])cc34)cc2)cc1. The van der Waals surface area contributed by atoms with Gasteiger partial charge in [-0.25, -0.2) is 0 Å². The fourth-order valence-electron chi connectivity index (χ4n) is 3.40. The van der Waals surface area contributed by atoms with Gasteiger partial charge in [0.15, 0.2) is 0 Å². The first-order valence-corrected chi connectivity index (χ1v) is 10.8. The number of pyridine rings is 1. The summed E-state index contributed by atoms with van der Waals surface area (Å²) in [6, 6.07) is 20.5. The number of carbonyl (C=O) groups is 1. The Balaban J connectivity index is 1.41. The van der Waals surface area contributed by atoms with Gasteiger partial charge in [-0.15, -0.1) is 5.10 Å². The minimum Gasteiger partial charge on any atom is -0.369 e. The summed E-state index contributed by atoms with van der Waals surface area (Å²) in [5.74, 6) is -0.362. The van der Waals surface area contributed by atoms with Crippen molar-refractivity contribution in [3.8, 4) is 0 Å². The van der Waals surface area contributed by atoms with E-state index in [1.54, 1.807) is 60.9 Å². The van der Waals surface area contributed by atoms with E-state index in [0.717, 1.165) is 11.3 Å². The number of carbonyl (C=O) groups excluding carboxylic acids is 1. The van der Waals surface area contributed by atoms with Crippen molar-refractivity contribution in [2.45, 2.75) is 6.42 Å². The van der Waals surface area contributed by atoms with Gasteiger partial charge < -0.3 is 22.1 Å². The molecule has 11 nitrogen and oxygen atoms in total. The Morgan fingerprint density at radius 3 is 2.42 bits per heavy atom. The largest absolute Gasteiger partial charge is 0.369 e. The normalized spacial score (nSPS) is 10.8. The Morgan fingerprint density at radius 1 is 1.00 bits per heavy atom. The summed E-state index contributed by atoms with van der Waals surface area (Å²) in [7, 11) is 0. The van der Waals surface area contributed by atoms with E-state index in [4.69, 9.17) is 11.5 Å². The topological polar surface area (TPSA) is 174 Å². The number of hydrogen-bond donors (Lipinski definition) is 4. The number of guanidine groups is 1. The molecule has 36 heavy (non-hydrogen) atoms. The molecular weight excluding hydrogens is 460 g/mol. The highest BCUT2D eigenvalue weighted by molar-refractivity contribution is 6.04. The first-order valence-electron chi connectivity index (χ1n) is 10.8. The highest BCUT2D eigenvalue weighted by Crippen LogP contribution is 2.28. The smallest absolute Gasteiger partial charge is 0.270 e. The number of fused-ring (bicyclic) bond motifs is 1. The quantitative estimate of drug-likeness (QED) is 0.127. The van der Waals surface area contributed by atoms with Gasteiger partial charge in [0.05, 0.1) is 10.4 Å². The number of rotatable bonds is 8. The number of nitro groups is 1. The Morgan fingerprint density at radius 2 is 1.72 bits per heavy atom. The molecule has 0 saturated carbocycles. The first-order chi connectivity index (χ1) is 17.4. The Bertz CT molecular complexity index is 1460. The van der Waals surface area contributed by atoms with Crippen LogP contribution in [0.5, 0.6) is 0 Å². The molecule has 4 aromatic rings. The minimum absolute atomic E-state index is 0.0160. The van der Waals surface area contributed by atoms with Gasteiger partial charge in [-0.1, -0.05) is 12.1 Å². The van der Waals surface area contributed by atoms with Crippen LogP contribution in [0.15, 0.2) is 89.2 Å². The van der Waals surface area contributed by atoms with Gasteiger partial charge in [0.25, 0.3) is 11.6 Å². The lowest BCUT2D eigenvalue weighted by Crippen LogP contribution is -2.21. The molecule has 1 aromatic heterocycles. The van der Waals surface area contributed by atoms with E-state index in [1.165, 1.54) is 12.1 Å². The van der Waals surface area contributed by atoms with Crippen molar-refractivity contribution in [3.63, 3.8) is 0 Å². The maximum atomic E-state index is 12.7. The van der Waals surface area contributed by atoms with Crippen LogP contribution in [0.1, 0.15) is 15.9 Å². The number of aromatic nitrogens is 1. The van der Waals surface area contributed by atoms with E-state index in [2.05, 4.69) is 25.8 Å². The van der Waals surface area contributed by atoms with Gasteiger partial charge in [0, 0.05) is 59.0 Å². The van der Waals surface area contributed by atoms with Crippen molar-refractivity contribution < 1.29 is 9.72 Å². The summed E-state index contributed by atoms with van der Waals surface area (Å²) < 4.78 is 0. The number of hydrogen-bond acceptors (Lipinski definition) is 7. The van der Waals surface area contributed by atoms with Gasteiger partial charge in [0.1, 0.15) is 0 Å². The van der Waals surface area contributed by atoms with Gasteiger partial charge in [0.2, 0.25) is 5.96 Å². The van der Waals surface area contributed by atoms with Gasteiger partial charge in [-0.05, 0) is 54.1 Å². The van der Waals surface area contributed by atoms with Crippen LogP contribution in [0.3, 0.4) is 0 Å². The van der Waals surface area contributed by atoms with E-state index < -0.39 is 4.92 Å². The molecule has 0 aliphatic carbocycles. The molecule has 180 valence electrons. The summed E-state index contributed by atoms with van der Waals surface area (Å²) in [4.78, 5) is 27.6. The zero-order chi connectivity index (χ0) is 25.5. The monoisotopic (exact) mass is 482 g/mol. The number of nitrogens with zero attached hydrogens (tertiary/aromatic N) is 4. The number of nitro benzene ring substituents is 1. The van der Waals surface area contributed by atoms with Crippen LogP contribution in [0.2, 0.25) is 0 Å². The fraction of sp³-hybridized carbons (Fsp3) is 0.0400. The molecule has 3 aromatic carbocycles. The standard InChI is InChI=1S/C25H22N8O3/c26-25(27)32-29-14-11-16-1-5-19(6-2-16)31-24(34)17-3-7-18(8-4-17)30-23-12-13-28-22-10-9-20(33(35)36)15-21(22)23/h1-10,12-15H,11H2,(H,28,30)(H,31,34)(H4,26,27,32)/b29-14+. The summed E-state index contributed by atoms with van der Waals surface area (Å²) in [6.07, 6.45) is 3.75. The number of nitrogens with one attached hydrogen (secondary N) is 2. The van der Waals surface area contributed by atoms with E-state index in [9.17, 15) is 14.9 Å². The summed E-state index contributed by atoms with van der Waals surface area (Å²) in [5.41, 5.74) is 14.5. The van der Waals surface area contributed by atoms with Crippen molar-refractivity contribution in [2.75, 3.05) is 10.6 Å². The summed E-state index contributed by atoms with van der Waals surface area (Å²) in [6.45, 7) is 0. The van der Waals surface area contributed by atoms with Crippen molar-refractivity contribution >= 4 is 51.7 Å². The molecule has 0 bridgehead atoms. The molecule has 4 rings (SSSR count). The lowest BCUT2D eigenvalue weighted by atomic mass is 10.1. The molecule has 0 saturated heterocycles. The molecule has 0 atom stereocenters. The molecule has 0 spiro atoms. The number of amides is 1. The predicted octanol–water partition coefficient (Wildman–Crippen LogP) is 3.94. The maximum Gasteiger partial charge on any atom is 0.270 e. The van der Waals surface area contributed by atoms with Crippen molar-refractivity contribution in [1.82, 2.24) is 4.98 Å². The van der Waals surface area contributed by atoms with Crippen molar-refractivity contribution in [2.24, 2.45) is 21.7 Å². The van der Waals surface area contributed by atoms with Crippen molar-refractivity contribution in [1.29, 1.82) is 0 Å². The minimum atomic E-state index is -0.444. The third-order valence-electron chi connectivity index (χ3n) is 5.16. The average Bonchev–Trinajstić information content (AvgIpc) is 2.88. The number of benzene rings is 3. The molecule has 11 heteroatoms. The van der Waals surface area contributed by atoms with E-state index in [0.29, 0.717) is 34.3 Å². The van der Waals surface area contributed by atoms with Crippen LogP contribution in [0.4, 0.5) is 22.7 Å². The van der Waals surface area contributed by atoms with E-state index in [-0.39, 0.29) is 17.6 Å². The van der Waals surface area contributed by atoms with E-state index >= 15 is 0 Å². The zero-order valence-corrected chi connectivity index (χ0v) is 19.0. The number of anilines is 3. The van der Waals surface area contributed by atoms with Crippen LogP contribution >= 0.6 is 0 Å². The molecule has 0 unspecified atom stereocenters. The summed E-state index contributed by atoms with van der Waals surface area (Å²) in [5, 5.41) is 25.1. The Labute approximate surface area is 205 Å². The second-order valence-corrected chi connectivity index (χ2v) is 7.70. The zero-order valence-electron chi connectivity index (χ0n) is 19.0. The van der Waals surface area contributed by atoms with Crippen LogP contribution in [-0.4, -0.2) is 28.0 Å². The Hall–Kier alpha value is -5.32. The molecule has 0 radical (unpaired) electrons. The second kappa shape index (κ2) is 10.7. The highest BCUT2D eigenvalue weighted by atomic mass is 16.6. The van der Waals surface area contributed by atoms with Crippen molar-refractivity contribution in [3.05, 3.63) is 100 Å². The predicted molar refractivity (Wildman–Crippen MR) is 141 cm³/mol. The molecule has 1 amide bonds. The molecule has 0 aliphatic rings. The summed E-state index contributed by atoms with van der Waals surface area (Å²) >= 11 is 0. The maximum absolute atomic E-state index is 12.7. The molecule has 6 N–H and O–H groups in total. The molecule has 0 fully saturated rings. The Kier molecular flexibility index (Phi) is 7.11. The molecule has 1 heterocycles. The van der Waals surface area contributed by atoms with Gasteiger partial charge in [-0.2, -0.15) is 5.10 Å². The third-order valence-corrected chi connectivity index (χ3v) is 5.16. The van der Waals surface area contributed by atoms with Crippen LogP contribution in [-0.2, 0) is 6.42 Å². The van der Waals surface area contributed by atoms with Crippen LogP contribution < -0.4 is 22.1 Å². The highest BCUT2D eigenvalue weighted by Gasteiger charge is 2.11. The van der Waals surface area contributed by atoms with Gasteiger partial charge >= 0.3 is 0 Å². The lowest BCUT2D eigenvalue weighted by molar-refractivity contribution is -0.384. The average molecular weight is 483 g/mol. The van der Waals surface area contributed by atoms with Crippen LogP contribution in [0, 0.1) is 10.1 Å². The third kappa shape index (κ3) is 5.97. The van der Waals surface area contributed by atoms with Gasteiger partial charge in [-0.3, -0.25) is 19.9 Å². The number of non-ortho nitro benzene ring substituents is 1. The molecular formula is C25H22N8O3.